The molecule has 38 heavy (non-hydrogen) atoms. The quantitative estimate of drug-likeness (QED) is 0.312. The first-order valence-corrected chi connectivity index (χ1v) is 17.3. The lowest BCUT2D eigenvalue weighted by molar-refractivity contribution is 0.517. The molecule has 5 rings (SSSR count). The third-order valence-corrected chi connectivity index (χ3v) is 13.1. The van der Waals surface area contributed by atoms with Gasteiger partial charge in [-0.3, -0.25) is 0 Å². The van der Waals surface area contributed by atoms with Gasteiger partial charge in [0.2, 0.25) is 0 Å². The Bertz CT molecular complexity index is 1460. The van der Waals surface area contributed by atoms with Crippen molar-refractivity contribution < 1.29 is 4.42 Å². The van der Waals surface area contributed by atoms with Crippen LogP contribution in [0, 0.1) is 12.3 Å². The molecule has 2 aromatic carbocycles. The van der Waals surface area contributed by atoms with Gasteiger partial charge in [-0.05, 0) is 81.8 Å². The molecule has 0 fully saturated rings. The number of benzene rings is 2. The highest BCUT2D eigenvalue weighted by molar-refractivity contribution is 6.83. The first-order valence-electron chi connectivity index (χ1n) is 14.1. The van der Waals surface area contributed by atoms with E-state index in [4.69, 9.17) is 4.42 Å². The molecule has 0 saturated carbocycles. The van der Waals surface area contributed by atoms with Crippen molar-refractivity contribution in [1.82, 2.24) is 0 Å². The van der Waals surface area contributed by atoms with Crippen LogP contribution in [-0.2, 0) is 5.41 Å². The molecule has 0 amide bonds. The van der Waals surface area contributed by atoms with Crippen molar-refractivity contribution in [3.63, 3.8) is 0 Å². The highest BCUT2D eigenvalue weighted by atomic mass is 28.3. The molecule has 0 saturated heterocycles. The number of fused-ring (bicyclic) bond motifs is 1. The van der Waals surface area contributed by atoms with Crippen molar-refractivity contribution >= 4 is 19.7 Å². The van der Waals surface area contributed by atoms with Crippen LogP contribution < -0.4 is 0 Å². The maximum absolute atomic E-state index is 6.31. The molecule has 0 N–H and O–H groups in total. The van der Waals surface area contributed by atoms with Crippen LogP contribution in [-0.4, -0.2) is 8.07 Å². The van der Waals surface area contributed by atoms with E-state index in [9.17, 15) is 0 Å². The summed E-state index contributed by atoms with van der Waals surface area (Å²) >= 11 is 0. The fourth-order valence-electron chi connectivity index (χ4n) is 6.55. The Morgan fingerprint density at radius 3 is 2.00 bits per heavy atom. The maximum Gasteiger partial charge on any atom is 0.130 e. The average Bonchev–Trinajstić information content (AvgIpc) is 3.54. The minimum atomic E-state index is -1.94. The minimum absolute atomic E-state index is 0.147. The van der Waals surface area contributed by atoms with E-state index in [1.165, 1.54) is 44.5 Å². The van der Waals surface area contributed by atoms with E-state index in [1.807, 2.05) is 6.92 Å². The second-order valence-electron chi connectivity index (χ2n) is 14.1. The molecule has 0 aliphatic heterocycles. The summed E-state index contributed by atoms with van der Waals surface area (Å²) < 4.78 is 6.31. The van der Waals surface area contributed by atoms with Crippen molar-refractivity contribution in [3.05, 3.63) is 106 Å². The third-order valence-electron chi connectivity index (χ3n) is 8.78. The third kappa shape index (κ3) is 4.62. The second-order valence-corrected chi connectivity index (χ2v) is 19.0. The first-order chi connectivity index (χ1) is 17.7. The molecule has 0 spiro atoms. The molecule has 2 unspecified atom stereocenters. The molecule has 2 aliphatic carbocycles. The Morgan fingerprint density at radius 2 is 1.45 bits per heavy atom. The van der Waals surface area contributed by atoms with E-state index in [-0.39, 0.29) is 10.8 Å². The summed E-state index contributed by atoms with van der Waals surface area (Å²) in [5.74, 6) is 2.00. The normalized spacial score (nSPS) is 19.8. The van der Waals surface area contributed by atoms with Crippen LogP contribution in [0.4, 0.5) is 0 Å². The number of rotatable bonds is 4. The van der Waals surface area contributed by atoms with Gasteiger partial charge in [-0.25, -0.2) is 0 Å². The van der Waals surface area contributed by atoms with E-state index in [1.54, 1.807) is 0 Å². The molecule has 1 aromatic heterocycles. The Morgan fingerprint density at radius 1 is 0.763 bits per heavy atom. The Labute approximate surface area is 231 Å². The zero-order chi connectivity index (χ0) is 27.6. The summed E-state index contributed by atoms with van der Waals surface area (Å²) in [7, 11) is -1.94. The van der Waals surface area contributed by atoms with Gasteiger partial charge < -0.3 is 4.42 Å². The van der Waals surface area contributed by atoms with E-state index in [0.717, 1.165) is 11.5 Å². The van der Waals surface area contributed by atoms with Crippen molar-refractivity contribution in [2.24, 2.45) is 5.41 Å². The van der Waals surface area contributed by atoms with Crippen LogP contribution in [0.15, 0.2) is 82.3 Å². The minimum Gasteiger partial charge on any atom is -0.462 e. The summed E-state index contributed by atoms with van der Waals surface area (Å²) in [5.41, 5.74) is 12.3. The molecule has 0 radical (unpaired) electrons. The molecular formula is C36H44OSi. The average molecular weight is 521 g/mol. The van der Waals surface area contributed by atoms with Crippen LogP contribution in [0.5, 0.6) is 0 Å². The van der Waals surface area contributed by atoms with Crippen molar-refractivity contribution in [2.75, 3.05) is 0 Å². The number of aryl methyl sites for hydroxylation is 1. The van der Waals surface area contributed by atoms with Crippen LogP contribution in [0.2, 0.25) is 18.6 Å². The molecule has 198 valence electrons. The lowest BCUT2D eigenvalue weighted by atomic mass is 9.86. The van der Waals surface area contributed by atoms with Gasteiger partial charge in [-0.15, -0.1) is 0 Å². The summed E-state index contributed by atoms with van der Waals surface area (Å²) in [4.78, 5) is 0. The second kappa shape index (κ2) is 9.12. The largest absolute Gasteiger partial charge is 0.462 e. The van der Waals surface area contributed by atoms with Crippen LogP contribution in [0.1, 0.15) is 82.2 Å². The summed E-state index contributed by atoms with van der Waals surface area (Å²) in [6.07, 6.45) is 7.50. The van der Waals surface area contributed by atoms with Gasteiger partial charge in [0.05, 0.1) is 8.07 Å². The van der Waals surface area contributed by atoms with E-state index in [2.05, 4.69) is 134 Å². The van der Waals surface area contributed by atoms with Gasteiger partial charge in [0.15, 0.2) is 0 Å². The lowest BCUT2D eigenvalue weighted by Crippen LogP contribution is -2.39. The van der Waals surface area contributed by atoms with Gasteiger partial charge >= 0.3 is 0 Å². The number of furan rings is 1. The van der Waals surface area contributed by atoms with Gasteiger partial charge in [-0.2, -0.15) is 0 Å². The zero-order valence-electron chi connectivity index (χ0n) is 25.0. The summed E-state index contributed by atoms with van der Waals surface area (Å²) in [6.45, 7) is 23.4. The van der Waals surface area contributed by atoms with Gasteiger partial charge in [0, 0.05) is 11.1 Å². The highest BCUT2D eigenvalue weighted by Crippen LogP contribution is 2.55. The predicted octanol–water partition coefficient (Wildman–Crippen LogP) is 10.7. The topological polar surface area (TPSA) is 13.1 Å². The van der Waals surface area contributed by atoms with Crippen molar-refractivity contribution in [2.45, 2.75) is 85.0 Å². The van der Waals surface area contributed by atoms with Gasteiger partial charge in [0.1, 0.15) is 11.5 Å². The molecular weight excluding hydrogens is 476 g/mol. The molecule has 2 heteroatoms. The zero-order valence-corrected chi connectivity index (χ0v) is 26.0. The smallest absolute Gasteiger partial charge is 0.130 e. The molecule has 0 bridgehead atoms. The number of allylic oxidation sites excluding steroid dienone is 5. The monoisotopic (exact) mass is 520 g/mol. The lowest BCUT2D eigenvalue weighted by Gasteiger charge is -2.38. The standard InChI is InChI=1S/C36H44OSi/c1-23-20-27(36(6,7)8)21-33(23)38(9,10)34-29-13-11-12-28(25-15-17-26(18-16-25)35(3,4)5)30(29)22-31(34)32-19-14-24(2)37-32/h11-22,33-34H,1-10H3. The molecule has 3 aromatic rings. The van der Waals surface area contributed by atoms with Gasteiger partial charge in [0.25, 0.3) is 0 Å². The van der Waals surface area contributed by atoms with E-state index < -0.39 is 8.07 Å². The molecule has 1 nitrogen and oxygen atoms in total. The molecule has 1 heterocycles. The molecule has 2 atom stereocenters. The van der Waals surface area contributed by atoms with E-state index >= 15 is 0 Å². The first kappa shape index (κ1) is 26.8. The van der Waals surface area contributed by atoms with Crippen molar-refractivity contribution in [1.29, 1.82) is 0 Å². The number of hydrogen-bond acceptors (Lipinski definition) is 1. The Balaban J connectivity index is 1.66. The number of hydrogen-bond donors (Lipinski definition) is 0. The van der Waals surface area contributed by atoms with Crippen LogP contribution in [0.25, 0.3) is 22.8 Å². The van der Waals surface area contributed by atoms with E-state index in [0.29, 0.717) is 11.1 Å². The SMILES string of the molecule is CC1=CC(C(C)(C)C)=CC1[Si](C)(C)C1C(c2ccc(C)o2)=Cc2c(-c3ccc(C(C)(C)C)cc3)cccc21. The van der Waals surface area contributed by atoms with Crippen molar-refractivity contribution in [3.8, 4) is 11.1 Å². The predicted molar refractivity (Wildman–Crippen MR) is 167 cm³/mol. The maximum atomic E-state index is 6.31. The van der Waals surface area contributed by atoms with Gasteiger partial charge in [-0.1, -0.05) is 115 Å². The Hall–Kier alpha value is -2.84. The fraction of sp³-hybridized carbons (Fsp3) is 0.389. The van der Waals surface area contributed by atoms with Crippen LogP contribution >= 0.6 is 0 Å². The highest BCUT2D eigenvalue weighted by Gasteiger charge is 2.47. The summed E-state index contributed by atoms with van der Waals surface area (Å²) in [5, 5.41) is 0. The Kier molecular flexibility index (Phi) is 6.42. The summed E-state index contributed by atoms with van der Waals surface area (Å²) in [6, 6.07) is 20.4. The fourth-order valence-corrected chi connectivity index (χ4v) is 10.9. The van der Waals surface area contributed by atoms with Crippen LogP contribution in [0.3, 0.4) is 0 Å². The molecule has 2 aliphatic rings.